The van der Waals surface area contributed by atoms with Gasteiger partial charge in [-0.25, -0.2) is 0 Å². The Morgan fingerprint density at radius 2 is 1.54 bits per heavy atom. The van der Waals surface area contributed by atoms with Crippen molar-refractivity contribution in [2.24, 2.45) is 29.6 Å². The molecule has 2 fully saturated rings. The minimum Gasteiger partial charge on any atom is -0.364 e. The minimum atomic E-state index is -0.489. The van der Waals surface area contributed by atoms with Crippen LogP contribution in [0.1, 0.15) is 63.2 Å². The standard InChI is InChI=1S/C20H36O4.H2/c1-9-17-12(4)10(2)14(6)20(23-17)24-18-13(5)11(3)16(8)22-19(18)15(7)21;/h10-14,16-20H,9H2,1-8H3;1H/t10-,11?,12-,13+,14?,16?,17?,18-,19?,20-;/m0./s1/i;1+1. The fraction of sp³-hybridized carbons (Fsp3) is 0.950. The van der Waals surface area contributed by atoms with Crippen LogP contribution in [0.5, 0.6) is 0 Å². The van der Waals surface area contributed by atoms with E-state index in [0.29, 0.717) is 23.7 Å². The second-order valence-electron chi connectivity index (χ2n) is 8.22. The van der Waals surface area contributed by atoms with E-state index in [4.69, 9.17) is 14.2 Å². The Morgan fingerprint density at radius 3 is 2.08 bits per heavy atom. The van der Waals surface area contributed by atoms with Crippen LogP contribution in [-0.4, -0.2) is 36.5 Å². The molecule has 0 spiro atoms. The van der Waals surface area contributed by atoms with Crippen molar-refractivity contribution in [2.75, 3.05) is 0 Å². The predicted molar refractivity (Wildman–Crippen MR) is 96.8 cm³/mol. The Bertz CT molecular complexity index is 441. The van der Waals surface area contributed by atoms with Gasteiger partial charge in [-0.2, -0.15) is 0 Å². The van der Waals surface area contributed by atoms with Crippen LogP contribution >= 0.6 is 0 Å². The smallest absolute Gasteiger partial charge is 0.161 e. The number of Topliss-reactive ketones (excluding diaryl/α,β-unsaturated/α-hetero) is 1. The number of rotatable bonds is 4. The average Bonchev–Trinajstić information content (AvgIpc) is 2.54. The van der Waals surface area contributed by atoms with Crippen LogP contribution in [0.15, 0.2) is 0 Å². The summed E-state index contributed by atoms with van der Waals surface area (Å²) in [7, 11) is 0. The highest BCUT2D eigenvalue weighted by Crippen LogP contribution is 2.40. The second-order valence-corrected chi connectivity index (χ2v) is 8.22. The van der Waals surface area contributed by atoms with E-state index in [2.05, 4.69) is 41.5 Å². The number of carbonyl (C=O) groups excluding carboxylic acids is 1. The maximum absolute atomic E-state index is 12.1. The van der Waals surface area contributed by atoms with E-state index in [-0.39, 0.29) is 37.7 Å². The van der Waals surface area contributed by atoms with E-state index >= 15 is 0 Å². The summed E-state index contributed by atoms with van der Waals surface area (Å²) in [5, 5.41) is 0. The summed E-state index contributed by atoms with van der Waals surface area (Å²) in [5.41, 5.74) is 0. The summed E-state index contributed by atoms with van der Waals surface area (Å²) in [5.74, 6) is 2.00. The predicted octanol–water partition coefficient (Wildman–Crippen LogP) is 4.31. The highest BCUT2D eigenvalue weighted by atomic mass is 16.7. The third kappa shape index (κ3) is 3.71. The molecule has 0 radical (unpaired) electrons. The lowest BCUT2D eigenvalue weighted by Crippen LogP contribution is -2.56. The highest BCUT2D eigenvalue weighted by molar-refractivity contribution is 5.81. The van der Waals surface area contributed by atoms with Crippen LogP contribution in [-0.2, 0) is 19.0 Å². The Hall–Kier alpha value is -0.450. The molecular weight excluding hydrogens is 304 g/mol. The zero-order valence-corrected chi connectivity index (χ0v) is 16.6. The van der Waals surface area contributed by atoms with Crippen LogP contribution in [0.2, 0.25) is 0 Å². The van der Waals surface area contributed by atoms with E-state index in [0.717, 1.165) is 6.42 Å². The maximum Gasteiger partial charge on any atom is 0.161 e. The molecule has 0 aromatic rings. The molecule has 0 bridgehead atoms. The van der Waals surface area contributed by atoms with Crippen molar-refractivity contribution in [3.63, 3.8) is 0 Å². The molecule has 2 aliphatic heterocycles. The van der Waals surface area contributed by atoms with E-state index in [1.54, 1.807) is 6.92 Å². The number of carbonyl (C=O) groups is 1. The van der Waals surface area contributed by atoms with Crippen LogP contribution in [0.4, 0.5) is 0 Å². The molecule has 4 nitrogen and oxygen atoms in total. The summed E-state index contributed by atoms with van der Waals surface area (Å²) in [6, 6.07) is 0. The Morgan fingerprint density at radius 1 is 0.917 bits per heavy atom. The first-order valence-electron chi connectivity index (χ1n) is 9.65. The molecule has 0 saturated carbocycles. The topological polar surface area (TPSA) is 44.8 Å². The molecule has 0 aromatic heterocycles. The lowest BCUT2D eigenvalue weighted by molar-refractivity contribution is -0.295. The summed E-state index contributed by atoms with van der Waals surface area (Å²) in [4.78, 5) is 12.1. The van der Waals surface area contributed by atoms with Crippen molar-refractivity contribution in [3.8, 4) is 0 Å². The first kappa shape index (κ1) is 19.9. The molecule has 10 atom stereocenters. The molecule has 0 amide bonds. The molecule has 2 rings (SSSR count). The lowest BCUT2D eigenvalue weighted by Gasteiger charge is -2.48. The third-order valence-corrected chi connectivity index (χ3v) is 6.83. The first-order valence-corrected chi connectivity index (χ1v) is 9.65. The number of ether oxygens (including phenoxy) is 3. The van der Waals surface area contributed by atoms with Gasteiger partial charge in [0.1, 0.15) is 6.10 Å². The number of hydrogen-bond donors (Lipinski definition) is 0. The van der Waals surface area contributed by atoms with E-state index in [1.807, 2.05) is 6.92 Å². The van der Waals surface area contributed by atoms with Gasteiger partial charge >= 0.3 is 0 Å². The Balaban J connectivity index is 0.00000312. The van der Waals surface area contributed by atoms with Crippen LogP contribution < -0.4 is 0 Å². The minimum absolute atomic E-state index is 0. The van der Waals surface area contributed by atoms with E-state index in [1.165, 1.54) is 0 Å². The van der Waals surface area contributed by atoms with Gasteiger partial charge in [-0.1, -0.05) is 41.5 Å². The maximum atomic E-state index is 12.1. The first-order chi connectivity index (χ1) is 11.2. The largest absolute Gasteiger partial charge is 0.364 e. The molecule has 0 aromatic carbocycles. The van der Waals surface area contributed by atoms with Crippen molar-refractivity contribution in [1.29, 1.82) is 0 Å². The fourth-order valence-electron chi connectivity index (χ4n) is 4.22. The molecule has 2 heterocycles. The van der Waals surface area contributed by atoms with Crippen molar-refractivity contribution < 1.29 is 20.4 Å². The van der Waals surface area contributed by atoms with Crippen molar-refractivity contribution in [3.05, 3.63) is 0 Å². The van der Waals surface area contributed by atoms with Gasteiger partial charge in [0, 0.05) is 7.34 Å². The zero-order valence-electron chi connectivity index (χ0n) is 16.6. The molecule has 4 heteroatoms. The third-order valence-electron chi connectivity index (χ3n) is 6.83. The average molecular weight is 344 g/mol. The van der Waals surface area contributed by atoms with E-state index in [9.17, 15) is 4.79 Å². The van der Waals surface area contributed by atoms with Gasteiger partial charge in [-0.15, -0.1) is 0 Å². The molecule has 2 aliphatic rings. The van der Waals surface area contributed by atoms with Gasteiger partial charge in [0.25, 0.3) is 0 Å². The quantitative estimate of drug-likeness (QED) is 0.763. The lowest BCUT2D eigenvalue weighted by atomic mass is 9.77. The molecule has 0 aliphatic carbocycles. The normalized spacial score (nSPS) is 49.8. The van der Waals surface area contributed by atoms with Gasteiger partial charge in [0.2, 0.25) is 0 Å². The second kappa shape index (κ2) is 7.84. The van der Waals surface area contributed by atoms with Crippen LogP contribution in [0, 0.1) is 29.6 Å². The number of hydrogen-bond acceptors (Lipinski definition) is 4. The molecule has 24 heavy (non-hydrogen) atoms. The van der Waals surface area contributed by atoms with Gasteiger partial charge in [0.15, 0.2) is 12.1 Å². The molecule has 5 unspecified atom stereocenters. The van der Waals surface area contributed by atoms with Crippen molar-refractivity contribution in [2.45, 2.75) is 92.5 Å². The Kier molecular flexibility index (Phi) is 6.49. The van der Waals surface area contributed by atoms with Crippen molar-refractivity contribution >= 4 is 5.78 Å². The number of ketones is 1. The zero-order chi connectivity index (χ0) is 18.2. The van der Waals surface area contributed by atoms with Crippen molar-refractivity contribution in [1.82, 2.24) is 0 Å². The van der Waals surface area contributed by atoms with Gasteiger partial charge < -0.3 is 14.2 Å². The van der Waals surface area contributed by atoms with Crippen LogP contribution in [0.3, 0.4) is 0 Å². The van der Waals surface area contributed by atoms with Gasteiger partial charge in [-0.05, 0) is 43.9 Å². The Labute approximate surface area is 149 Å². The molecule has 142 valence electrons. The van der Waals surface area contributed by atoms with Gasteiger partial charge in [-0.3, -0.25) is 4.79 Å². The van der Waals surface area contributed by atoms with Gasteiger partial charge in [0.05, 0.1) is 18.3 Å². The summed E-state index contributed by atoms with van der Waals surface area (Å²) >= 11 is 0. The van der Waals surface area contributed by atoms with Crippen LogP contribution in [0.25, 0.3) is 0 Å². The molecule has 0 N–H and O–H groups in total. The SMILES string of the molecule is CCC1O[C@@H](O[C@@H]2C(C(C)=O)OC(C)C(C)[C@H]2C)C(C)[C@@H](C)[C@@H]1C.[2HH]. The molecular formula is C20H38O4. The fourth-order valence-corrected chi connectivity index (χ4v) is 4.22. The molecule has 2 saturated heterocycles. The van der Waals surface area contributed by atoms with E-state index < -0.39 is 6.10 Å². The summed E-state index contributed by atoms with van der Waals surface area (Å²) in [6.07, 6.45) is 0.280. The highest BCUT2D eigenvalue weighted by Gasteiger charge is 2.46. The summed E-state index contributed by atoms with van der Waals surface area (Å²) < 4.78 is 18.7. The monoisotopic (exact) mass is 343 g/mol. The summed E-state index contributed by atoms with van der Waals surface area (Å²) in [6.45, 7) is 16.9.